The maximum Gasteiger partial charge on any atom is 0.254 e. The van der Waals surface area contributed by atoms with Gasteiger partial charge in [0.25, 0.3) is 5.88 Å². The van der Waals surface area contributed by atoms with Crippen molar-refractivity contribution in [2.75, 3.05) is 74.1 Å². The van der Waals surface area contributed by atoms with Gasteiger partial charge in [-0.3, -0.25) is 9.59 Å². The van der Waals surface area contributed by atoms with Crippen molar-refractivity contribution in [2.24, 2.45) is 5.92 Å². The molecule has 0 aliphatic carbocycles. The number of aliphatic hydroxyl groups excluding tert-OH is 1. The van der Waals surface area contributed by atoms with Crippen LogP contribution in [0.1, 0.15) is 80.4 Å². The van der Waals surface area contributed by atoms with E-state index in [4.69, 9.17) is 19.2 Å². The number of rotatable bonds is 16. The highest BCUT2D eigenvalue weighted by molar-refractivity contribution is 7.13. The van der Waals surface area contributed by atoms with Crippen molar-refractivity contribution in [2.45, 2.75) is 89.4 Å². The maximum atomic E-state index is 14.1. The fourth-order valence-electron chi connectivity index (χ4n) is 10.5. The first-order chi connectivity index (χ1) is 34.6. The van der Waals surface area contributed by atoms with E-state index in [0.717, 1.165) is 111 Å². The van der Waals surface area contributed by atoms with Crippen LogP contribution in [0.2, 0.25) is 0 Å². The number of aromatic nitrogens is 6. The number of ether oxygens (including phenoxy) is 1. The third kappa shape index (κ3) is 10.7. The minimum atomic E-state index is -0.808. The molecule has 4 atom stereocenters. The molecule has 372 valence electrons. The molecule has 4 aromatic heterocycles. The van der Waals surface area contributed by atoms with Gasteiger partial charge in [0.15, 0.2) is 11.6 Å². The molecule has 2 aromatic carbocycles. The number of benzene rings is 2. The average Bonchev–Trinajstić information content (AvgIpc) is 4.15. The largest absolute Gasteiger partial charge is 0.507 e. The van der Waals surface area contributed by atoms with Crippen molar-refractivity contribution in [1.29, 1.82) is 0 Å². The third-order valence-electron chi connectivity index (χ3n) is 14.4. The van der Waals surface area contributed by atoms with Crippen LogP contribution in [0.3, 0.4) is 0 Å². The number of thiazole rings is 1. The SMILES string of the molecule is Cc1ncsc1-c1ccc(CNC(=O)[C@@H]2C[C@@H](O)CN2C(=O)C(c2cc(OCCCCN3CCC(c4cnc(N5CCN6c7cc(-c8ccccc8O)nnc7NC[C@@H]6C5)nc4)CC3)no2)C(C)C)cc1. The standard InChI is InChI=1S/C52H62N12O6S/c1-32(2)47(51(68)64-30-39(65)22-43(64)50(67)54-25-34-10-12-36(13-11-34)48-33(3)57-31-71-48)45-24-46(60-70-45)69-21-7-6-16-61-17-14-35(15-18-61)37-26-55-52(56-27-37)62-19-20-63-38(29-62)28-53-49-42(63)23-41(58-59-49)40-8-4-5-9-44(40)66/h4-5,8-13,23-24,26-27,31-32,35,38-39,43,47,65-66H,6-7,14-22,25,28-30H2,1-3H3,(H,53,59)(H,54,67)/t38-,39-,43+,47?/m1/s1. The fourth-order valence-corrected chi connectivity index (χ4v) is 11.3. The lowest BCUT2D eigenvalue weighted by molar-refractivity contribution is -0.141. The van der Waals surface area contributed by atoms with Crippen LogP contribution in [0.5, 0.6) is 11.6 Å². The smallest absolute Gasteiger partial charge is 0.254 e. The summed E-state index contributed by atoms with van der Waals surface area (Å²) in [7, 11) is 0. The second kappa shape index (κ2) is 21.3. The van der Waals surface area contributed by atoms with Gasteiger partial charge in [-0.25, -0.2) is 15.0 Å². The zero-order valence-electron chi connectivity index (χ0n) is 40.5. The van der Waals surface area contributed by atoms with Gasteiger partial charge < -0.3 is 49.7 Å². The molecule has 0 spiro atoms. The maximum absolute atomic E-state index is 14.1. The quantitative estimate of drug-likeness (QED) is 0.0792. The summed E-state index contributed by atoms with van der Waals surface area (Å²) in [5.41, 5.74) is 8.32. The van der Waals surface area contributed by atoms with E-state index in [9.17, 15) is 19.8 Å². The van der Waals surface area contributed by atoms with Crippen molar-refractivity contribution in [3.63, 3.8) is 0 Å². The van der Waals surface area contributed by atoms with Crippen molar-refractivity contribution in [1.82, 2.24) is 45.4 Å². The van der Waals surface area contributed by atoms with E-state index in [1.165, 1.54) is 10.5 Å². The van der Waals surface area contributed by atoms with Crippen LogP contribution in [-0.2, 0) is 16.1 Å². The average molecular weight is 983 g/mol. The summed E-state index contributed by atoms with van der Waals surface area (Å²) in [5.74, 6) is 1.39. The number of nitrogens with one attached hydrogen (secondary N) is 2. The molecule has 4 aliphatic rings. The molecule has 3 fully saturated rings. The zero-order chi connectivity index (χ0) is 49.0. The van der Waals surface area contributed by atoms with E-state index in [0.29, 0.717) is 42.0 Å². The summed E-state index contributed by atoms with van der Waals surface area (Å²) in [6.45, 7) is 12.8. The number of anilines is 3. The molecular weight excluding hydrogens is 921 g/mol. The molecule has 1 unspecified atom stereocenters. The number of amides is 2. The van der Waals surface area contributed by atoms with Crippen molar-refractivity contribution in [3.05, 3.63) is 101 Å². The summed E-state index contributed by atoms with van der Waals surface area (Å²) >= 11 is 1.59. The van der Waals surface area contributed by atoms with Crippen LogP contribution >= 0.6 is 11.3 Å². The number of hydrogen-bond donors (Lipinski definition) is 4. The highest BCUT2D eigenvalue weighted by atomic mass is 32.1. The van der Waals surface area contributed by atoms with Crippen molar-refractivity contribution in [3.8, 4) is 33.3 Å². The topological polar surface area (TPSA) is 211 Å². The normalized spacial score (nSPS) is 19.8. The van der Waals surface area contributed by atoms with E-state index >= 15 is 0 Å². The highest BCUT2D eigenvalue weighted by Gasteiger charge is 2.43. The molecule has 4 N–H and O–H groups in total. The number of phenolic OH excluding ortho intramolecular Hbond substituents is 1. The van der Waals surface area contributed by atoms with Gasteiger partial charge in [-0.15, -0.1) is 21.5 Å². The van der Waals surface area contributed by atoms with Crippen LogP contribution < -0.4 is 25.2 Å². The Morgan fingerprint density at radius 1 is 0.972 bits per heavy atom. The number of fused-ring (bicyclic) bond motifs is 3. The highest BCUT2D eigenvalue weighted by Crippen LogP contribution is 2.37. The number of nitrogens with zero attached hydrogens (tertiary/aromatic N) is 10. The Kier molecular flexibility index (Phi) is 14.4. The van der Waals surface area contributed by atoms with E-state index < -0.39 is 18.1 Å². The Balaban J connectivity index is 0.644. The molecular formula is C52H62N12O6S. The number of aromatic hydroxyl groups is 1. The number of unbranched alkanes of at least 4 members (excludes halogenated alkanes) is 1. The first-order valence-electron chi connectivity index (χ1n) is 24.9. The van der Waals surface area contributed by atoms with Crippen LogP contribution in [-0.4, -0.2) is 139 Å². The fraction of sp³-hybridized carbons (Fsp3) is 0.462. The summed E-state index contributed by atoms with van der Waals surface area (Å²) in [4.78, 5) is 51.5. The van der Waals surface area contributed by atoms with Gasteiger partial charge >= 0.3 is 0 Å². The number of para-hydroxylation sites is 1. The molecule has 8 heterocycles. The summed E-state index contributed by atoms with van der Waals surface area (Å²) in [6.07, 6.45) is 7.31. The number of aryl methyl sites for hydroxylation is 1. The molecule has 71 heavy (non-hydrogen) atoms. The number of carbonyl (C=O) groups is 2. The summed E-state index contributed by atoms with van der Waals surface area (Å²) in [6, 6.07) is 18.3. The lowest BCUT2D eigenvalue weighted by Crippen LogP contribution is -2.58. The molecule has 3 saturated heterocycles. The number of piperidine rings is 1. The number of β-amino-alcohol motifs (C(OH)–C–C–N with tert-alkyl or cyclic N) is 1. The Bertz CT molecular complexity index is 2780. The number of likely N-dealkylation sites (tertiary alicyclic amines) is 2. The molecule has 10 rings (SSSR count). The second-order valence-electron chi connectivity index (χ2n) is 19.5. The van der Waals surface area contributed by atoms with Crippen LogP contribution in [0, 0.1) is 12.8 Å². The van der Waals surface area contributed by atoms with Crippen molar-refractivity contribution >= 4 is 40.6 Å². The number of carbonyl (C=O) groups excluding carboxylic acids is 2. The van der Waals surface area contributed by atoms with E-state index in [1.54, 1.807) is 29.5 Å². The van der Waals surface area contributed by atoms with Gasteiger partial charge in [0.2, 0.25) is 17.8 Å². The van der Waals surface area contributed by atoms with E-state index in [1.807, 2.05) is 81.1 Å². The first kappa shape index (κ1) is 48.0. The van der Waals surface area contributed by atoms with E-state index in [2.05, 4.69) is 45.7 Å². The predicted octanol–water partition coefficient (Wildman–Crippen LogP) is 6.24. The Labute approximate surface area is 417 Å². The third-order valence-corrected chi connectivity index (χ3v) is 15.4. The monoisotopic (exact) mass is 982 g/mol. The molecule has 6 aromatic rings. The zero-order valence-corrected chi connectivity index (χ0v) is 41.3. The van der Waals surface area contributed by atoms with Crippen molar-refractivity contribution < 1.29 is 29.1 Å². The van der Waals surface area contributed by atoms with Crippen LogP contribution in [0.25, 0.3) is 21.7 Å². The van der Waals surface area contributed by atoms with Gasteiger partial charge in [-0.05, 0) is 104 Å². The molecule has 19 heteroatoms. The molecule has 0 radical (unpaired) electrons. The lowest BCUT2D eigenvalue weighted by Gasteiger charge is -2.45. The first-order valence-corrected chi connectivity index (χ1v) is 25.7. The number of aliphatic hydroxyl groups is 1. The number of hydrogen-bond acceptors (Lipinski definition) is 17. The molecule has 2 amide bonds. The van der Waals surface area contributed by atoms with Gasteiger partial charge in [0.1, 0.15) is 17.7 Å². The van der Waals surface area contributed by atoms with Gasteiger partial charge in [0.05, 0.1) is 46.2 Å². The summed E-state index contributed by atoms with van der Waals surface area (Å²) in [5, 5.41) is 40.5. The van der Waals surface area contributed by atoms with Crippen LogP contribution in [0.15, 0.2) is 83.1 Å². The lowest BCUT2D eigenvalue weighted by atomic mass is 9.91. The second-order valence-corrected chi connectivity index (χ2v) is 20.4. The number of piperazine rings is 1. The molecule has 0 bridgehead atoms. The number of phenols is 1. The van der Waals surface area contributed by atoms with Gasteiger partial charge in [0, 0.05) is 69.7 Å². The predicted molar refractivity (Wildman–Crippen MR) is 270 cm³/mol. The molecule has 4 aliphatic heterocycles. The Hall–Kier alpha value is -6.70. The Morgan fingerprint density at radius 2 is 1.77 bits per heavy atom. The van der Waals surface area contributed by atoms with Gasteiger partial charge in [-0.2, -0.15) is 0 Å². The van der Waals surface area contributed by atoms with E-state index in [-0.39, 0.29) is 42.5 Å². The minimum absolute atomic E-state index is 0.0667. The van der Waals surface area contributed by atoms with Gasteiger partial charge in [-0.1, -0.05) is 50.2 Å². The minimum Gasteiger partial charge on any atom is -0.507 e. The Morgan fingerprint density at radius 3 is 2.54 bits per heavy atom. The molecule has 18 nitrogen and oxygen atoms in total. The molecule has 0 saturated carbocycles. The summed E-state index contributed by atoms with van der Waals surface area (Å²) < 4.78 is 11.7. The van der Waals surface area contributed by atoms with Crippen LogP contribution in [0.4, 0.5) is 17.5 Å².